The molecular formula is C25H30N4OS. The van der Waals surface area contributed by atoms with Crippen molar-refractivity contribution in [2.75, 3.05) is 36.1 Å². The molecule has 0 radical (unpaired) electrons. The van der Waals surface area contributed by atoms with Crippen LogP contribution in [0, 0.1) is 0 Å². The zero-order chi connectivity index (χ0) is 21.9. The van der Waals surface area contributed by atoms with E-state index in [1.807, 2.05) is 54.6 Å². The number of hydrogen-bond acceptors (Lipinski definition) is 5. The van der Waals surface area contributed by atoms with E-state index in [0.717, 1.165) is 29.5 Å². The summed E-state index contributed by atoms with van der Waals surface area (Å²) < 4.78 is 0. The first-order chi connectivity index (χ1) is 15.2. The molecule has 1 amide bonds. The lowest BCUT2D eigenvalue weighted by atomic mass is 10.2. The highest BCUT2D eigenvalue weighted by atomic mass is 32.2. The Morgan fingerprint density at radius 3 is 2.00 bits per heavy atom. The number of aromatic nitrogens is 1. The van der Waals surface area contributed by atoms with E-state index in [-0.39, 0.29) is 11.2 Å². The Kier molecular flexibility index (Phi) is 8.79. The number of hydrogen-bond donors (Lipinski definition) is 1. The first-order valence-corrected chi connectivity index (χ1v) is 11.5. The van der Waals surface area contributed by atoms with E-state index < -0.39 is 0 Å². The average Bonchev–Trinajstić information content (AvgIpc) is 2.84. The zero-order valence-corrected chi connectivity index (χ0v) is 19.0. The van der Waals surface area contributed by atoms with Crippen LogP contribution in [0.15, 0.2) is 90.1 Å². The molecule has 3 aromatic rings. The second-order valence-electron chi connectivity index (χ2n) is 7.04. The molecule has 0 aliphatic rings. The number of para-hydroxylation sites is 2. The molecule has 6 heteroatoms. The molecule has 2 aromatic carbocycles. The summed E-state index contributed by atoms with van der Waals surface area (Å²) >= 11 is 1.51. The van der Waals surface area contributed by atoms with E-state index in [4.69, 9.17) is 0 Å². The number of pyridine rings is 1. The topological polar surface area (TPSA) is 48.5 Å². The van der Waals surface area contributed by atoms with Crippen LogP contribution in [0.2, 0.25) is 0 Å². The summed E-state index contributed by atoms with van der Waals surface area (Å²) in [6.07, 6.45) is 1.76. The van der Waals surface area contributed by atoms with Gasteiger partial charge in [-0.15, -0.1) is 0 Å². The van der Waals surface area contributed by atoms with Crippen LogP contribution in [0.4, 0.5) is 11.4 Å². The van der Waals surface area contributed by atoms with Gasteiger partial charge in [0.05, 0.1) is 11.7 Å². The highest BCUT2D eigenvalue weighted by Crippen LogP contribution is 2.24. The minimum Gasteiger partial charge on any atom is -0.370 e. The molecule has 0 saturated carbocycles. The van der Waals surface area contributed by atoms with Gasteiger partial charge in [0.15, 0.2) is 0 Å². The van der Waals surface area contributed by atoms with Crippen molar-refractivity contribution in [3.05, 3.63) is 85.1 Å². The fourth-order valence-corrected chi connectivity index (χ4v) is 4.32. The number of nitrogens with zero attached hydrogens (tertiary/aromatic N) is 3. The van der Waals surface area contributed by atoms with E-state index in [1.165, 1.54) is 11.8 Å². The summed E-state index contributed by atoms with van der Waals surface area (Å²) in [7, 11) is 0. The molecule has 1 aromatic heterocycles. The van der Waals surface area contributed by atoms with Crippen molar-refractivity contribution < 1.29 is 4.79 Å². The van der Waals surface area contributed by atoms with Gasteiger partial charge in [0, 0.05) is 37.2 Å². The van der Waals surface area contributed by atoms with Crippen molar-refractivity contribution in [2.45, 2.75) is 24.1 Å². The minimum absolute atomic E-state index is 0.0133. The van der Waals surface area contributed by atoms with Crippen LogP contribution in [0.1, 0.15) is 13.8 Å². The summed E-state index contributed by atoms with van der Waals surface area (Å²) in [6, 6.07) is 26.2. The monoisotopic (exact) mass is 434 g/mol. The quantitative estimate of drug-likeness (QED) is 0.351. The third-order valence-corrected chi connectivity index (χ3v) is 6.16. The third kappa shape index (κ3) is 6.76. The Balaban J connectivity index is 1.72. The van der Waals surface area contributed by atoms with Crippen LogP contribution < -0.4 is 15.1 Å². The Morgan fingerprint density at radius 2 is 1.45 bits per heavy atom. The maximum atomic E-state index is 13.3. The van der Waals surface area contributed by atoms with Gasteiger partial charge in [-0.25, -0.2) is 4.98 Å². The predicted octanol–water partition coefficient (Wildman–Crippen LogP) is 4.67. The second kappa shape index (κ2) is 12.0. The normalized spacial score (nSPS) is 11.5. The van der Waals surface area contributed by atoms with Gasteiger partial charge >= 0.3 is 0 Å². The largest absolute Gasteiger partial charge is 0.370 e. The zero-order valence-electron chi connectivity index (χ0n) is 18.1. The Bertz CT molecular complexity index is 909. The smallest absolute Gasteiger partial charge is 0.236 e. The highest BCUT2D eigenvalue weighted by molar-refractivity contribution is 8.00. The Labute approximate surface area is 189 Å². The van der Waals surface area contributed by atoms with Crippen LogP contribution >= 0.6 is 11.8 Å². The molecule has 1 atom stereocenters. The molecule has 0 spiro atoms. The van der Waals surface area contributed by atoms with Crippen molar-refractivity contribution in [2.24, 2.45) is 0 Å². The van der Waals surface area contributed by atoms with E-state index >= 15 is 0 Å². The van der Waals surface area contributed by atoms with Gasteiger partial charge in [-0.1, -0.05) is 54.2 Å². The van der Waals surface area contributed by atoms with Crippen molar-refractivity contribution in [1.29, 1.82) is 0 Å². The van der Waals surface area contributed by atoms with Gasteiger partial charge in [-0.2, -0.15) is 0 Å². The molecule has 1 unspecified atom stereocenters. The molecule has 31 heavy (non-hydrogen) atoms. The summed E-state index contributed by atoms with van der Waals surface area (Å²) in [4.78, 5) is 22.1. The second-order valence-corrected chi connectivity index (χ2v) is 8.26. The summed E-state index contributed by atoms with van der Waals surface area (Å²) in [6.45, 7) is 6.91. The minimum atomic E-state index is -0.287. The number of thioether (sulfide) groups is 1. The number of benzene rings is 2. The molecule has 162 valence electrons. The van der Waals surface area contributed by atoms with Crippen LogP contribution in [-0.2, 0) is 4.79 Å². The van der Waals surface area contributed by atoms with E-state index in [9.17, 15) is 4.79 Å². The fraction of sp³-hybridized carbons (Fsp3) is 0.280. The summed E-state index contributed by atoms with van der Waals surface area (Å²) in [5.41, 5.74) is 2.21. The SMILES string of the molecule is CCN(CNC(=O)C(CN(CC)c1ccccc1)Sc1ccccn1)c1ccccc1. The maximum Gasteiger partial charge on any atom is 0.236 e. The van der Waals surface area contributed by atoms with Crippen molar-refractivity contribution in [3.63, 3.8) is 0 Å². The van der Waals surface area contributed by atoms with Gasteiger partial charge < -0.3 is 15.1 Å². The first kappa shape index (κ1) is 22.7. The molecule has 1 N–H and O–H groups in total. The van der Waals surface area contributed by atoms with Gasteiger partial charge in [0.2, 0.25) is 5.91 Å². The highest BCUT2D eigenvalue weighted by Gasteiger charge is 2.24. The van der Waals surface area contributed by atoms with Crippen molar-refractivity contribution in [3.8, 4) is 0 Å². The summed E-state index contributed by atoms with van der Waals surface area (Å²) in [5.74, 6) is 0.0133. The molecule has 3 rings (SSSR count). The fourth-order valence-electron chi connectivity index (χ4n) is 3.30. The molecule has 0 saturated heterocycles. The summed E-state index contributed by atoms with van der Waals surface area (Å²) in [5, 5.41) is 3.71. The lowest BCUT2D eigenvalue weighted by Gasteiger charge is -2.29. The van der Waals surface area contributed by atoms with Gasteiger partial charge in [-0.3, -0.25) is 4.79 Å². The van der Waals surface area contributed by atoms with Gasteiger partial charge in [0.25, 0.3) is 0 Å². The molecule has 0 fully saturated rings. The Morgan fingerprint density at radius 1 is 0.871 bits per heavy atom. The van der Waals surface area contributed by atoms with Gasteiger partial charge in [-0.05, 0) is 50.2 Å². The van der Waals surface area contributed by atoms with Crippen LogP contribution in [0.5, 0.6) is 0 Å². The van der Waals surface area contributed by atoms with Crippen LogP contribution in [0.3, 0.4) is 0 Å². The van der Waals surface area contributed by atoms with Gasteiger partial charge in [0.1, 0.15) is 5.25 Å². The van der Waals surface area contributed by atoms with E-state index in [0.29, 0.717) is 13.2 Å². The number of nitrogens with one attached hydrogen (secondary N) is 1. The maximum absolute atomic E-state index is 13.3. The number of carbonyl (C=O) groups is 1. The van der Waals surface area contributed by atoms with Crippen molar-refractivity contribution >= 4 is 29.0 Å². The lowest BCUT2D eigenvalue weighted by molar-refractivity contribution is -0.120. The Hall–Kier alpha value is -2.99. The average molecular weight is 435 g/mol. The number of rotatable bonds is 11. The van der Waals surface area contributed by atoms with E-state index in [2.05, 4.69) is 58.2 Å². The first-order valence-electron chi connectivity index (χ1n) is 10.7. The van der Waals surface area contributed by atoms with E-state index in [1.54, 1.807) is 6.20 Å². The van der Waals surface area contributed by atoms with Crippen LogP contribution in [-0.4, -0.2) is 42.4 Å². The predicted molar refractivity (Wildman–Crippen MR) is 131 cm³/mol. The third-order valence-electron chi connectivity index (χ3n) is 5.03. The number of amides is 1. The lowest BCUT2D eigenvalue weighted by Crippen LogP contribution is -2.45. The molecule has 0 bridgehead atoms. The molecule has 5 nitrogen and oxygen atoms in total. The molecule has 1 heterocycles. The molecule has 0 aliphatic carbocycles. The molecular weight excluding hydrogens is 404 g/mol. The standard InChI is InChI=1S/C25H30N4OS/c1-3-28(21-13-7-5-8-14-21)19-23(31-24-17-11-12-18-26-24)25(30)27-20-29(4-2)22-15-9-6-10-16-22/h5-18,23H,3-4,19-20H2,1-2H3,(H,27,30). The number of anilines is 2. The number of carbonyl (C=O) groups excluding carboxylic acids is 1. The van der Waals surface area contributed by atoms with Crippen LogP contribution in [0.25, 0.3) is 0 Å². The van der Waals surface area contributed by atoms with Crippen molar-refractivity contribution in [1.82, 2.24) is 10.3 Å². The molecule has 0 aliphatic heterocycles.